The van der Waals surface area contributed by atoms with Crippen LogP contribution in [-0.4, -0.2) is 63.3 Å². The van der Waals surface area contributed by atoms with Crippen molar-refractivity contribution in [2.45, 2.75) is 43.0 Å². The van der Waals surface area contributed by atoms with E-state index >= 15 is 0 Å². The molecule has 2 heterocycles. The minimum atomic E-state index is -1.74. The molecule has 4 rings (SSSR count). The maximum atomic E-state index is 11.5. The number of carbonyl (C=O) groups excluding carboxylic acids is 1. The van der Waals surface area contributed by atoms with Gasteiger partial charge in [-0.15, -0.1) is 0 Å². The molecule has 2 aromatic rings. The van der Waals surface area contributed by atoms with Crippen LogP contribution in [0.15, 0.2) is 42.5 Å². The van der Waals surface area contributed by atoms with Gasteiger partial charge in [0, 0.05) is 16.1 Å². The minimum absolute atomic E-state index is 0.0180. The second kappa shape index (κ2) is 7.69. The number of benzene rings is 2. The maximum Gasteiger partial charge on any atom is 0.225 e. The first-order valence-electron chi connectivity index (χ1n) is 9.60. The van der Waals surface area contributed by atoms with Gasteiger partial charge < -0.3 is 29.9 Å². The number of halogens is 1. The largest absolute Gasteiger partial charge is 0.393 e. The van der Waals surface area contributed by atoms with E-state index in [0.29, 0.717) is 22.6 Å². The summed E-state index contributed by atoms with van der Waals surface area (Å²) in [5.74, 6) is -1.75. The molecule has 7 nitrogen and oxygen atoms in total. The smallest absolute Gasteiger partial charge is 0.225 e. The van der Waals surface area contributed by atoms with E-state index in [1.165, 1.54) is 6.92 Å². The first-order valence-corrected chi connectivity index (χ1v) is 9.98. The third-order valence-corrected chi connectivity index (χ3v) is 6.30. The van der Waals surface area contributed by atoms with Crippen molar-refractivity contribution in [2.75, 3.05) is 13.2 Å². The highest BCUT2D eigenvalue weighted by atomic mass is 35.5. The van der Waals surface area contributed by atoms with Crippen LogP contribution in [0.5, 0.6) is 0 Å². The van der Waals surface area contributed by atoms with Crippen LogP contribution in [0.3, 0.4) is 0 Å². The van der Waals surface area contributed by atoms with Crippen molar-refractivity contribution in [1.29, 1.82) is 0 Å². The Morgan fingerprint density at radius 3 is 2.47 bits per heavy atom. The fraction of sp³-hybridized carbons (Fsp3) is 0.409. The molecule has 0 aromatic heterocycles. The van der Waals surface area contributed by atoms with E-state index in [4.69, 9.17) is 21.1 Å². The van der Waals surface area contributed by atoms with Gasteiger partial charge in [0.2, 0.25) is 5.79 Å². The van der Waals surface area contributed by atoms with E-state index in [1.54, 1.807) is 30.3 Å². The fourth-order valence-corrected chi connectivity index (χ4v) is 4.26. The predicted octanol–water partition coefficient (Wildman–Crippen LogP) is 1.16. The summed E-state index contributed by atoms with van der Waals surface area (Å²) in [7, 11) is 0. The normalized spacial score (nSPS) is 32.9. The van der Waals surface area contributed by atoms with Gasteiger partial charge in [-0.2, -0.15) is 0 Å². The molecule has 2 aliphatic heterocycles. The van der Waals surface area contributed by atoms with Gasteiger partial charge in [-0.05, 0) is 36.6 Å². The summed E-state index contributed by atoms with van der Waals surface area (Å²) in [5, 5.41) is 41.6. The molecule has 0 radical (unpaired) electrons. The number of Topliss-reactive ketones (excluding diaryl/α,β-unsaturated/α-hetero) is 1. The Labute approximate surface area is 178 Å². The number of ketones is 1. The van der Waals surface area contributed by atoms with Crippen molar-refractivity contribution in [2.24, 2.45) is 0 Å². The third-order valence-electron chi connectivity index (χ3n) is 5.93. The molecule has 2 aromatic carbocycles. The molecule has 4 N–H and O–H groups in total. The van der Waals surface area contributed by atoms with Crippen LogP contribution in [0, 0.1) is 0 Å². The number of fused-ring (bicyclic) bond motifs is 2. The Balaban J connectivity index is 1.68. The summed E-state index contributed by atoms with van der Waals surface area (Å²) in [6.07, 6.45) is -4.18. The van der Waals surface area contributed by atoms with Gasteiger partial charge in [0.15, 0.2) is 5.78 Å². The van der Waals surface area contributed by atoms with E-state index < -0.39 is 36.3 Å². The van der Waals surface area contributed by atoms with Crippen LogP contribution in [0.4, 0.5) is 0 Å². The molecule has 0 aliphatic carbocycles. The number of rotatable bonds is 5. The molecular weight excluding hydrogens is 412 g/mol. The average Bonchev–Trinajstić information content (AvgIpc) is 3.13. The molecule has 5 atom stereocenters. The number of hydrogen-bond acceptors (Lipinski definition) is 7. The number of ether oxygens (including phenoxy) is 2. The van der Waals surface area contributed by atoms with E-state index in [0.717, 1.165) is 11.1 Å². The van der Waals surface area contributed by atoms with Gasteiger partial charge in [0.05, 0.1) is 13.2 Å². The summed E-state index contributed by atoms with van der Waals surface area (Å²) in [4.78, 5) is 11.5. The Bertz CT molecular complexity index is 962. The highest BCUT2D eigenvalue weighted by Crippen LogP contribution is 2.49. The summed E-state index contributed by atoms with van der Waals surface area (Å²) in [5.41, 5.74) is 1.15. The van der Waals surface area contributed by atoms with E-state index in [9.17, 15) is 25.2 Å². The SMILES string of the molecule is CC(=O)c1ccc(Cc2cc([C@]34OC[C@](CO)(O3)C(O)C(O)[C@H]4O)ccc2Cl)cc1. The average molecular weight is 435 g/mol. The summed E-state index contributed by atoms with van der Waals surface area (Å²) in [6.45, 7) is 0.732. The lowest BCUT2D eigenvalue weighted by Gasteiger charge is -2.46. The number of aliphatic hydroxyl groups excluding tert-OH is 4. The summed E-state index contributed by atoms with van der Waals surface area (Å²) in [6, 6.07) is 12.1. The molecule has 0 saturated carbocycles. The third kappa shape index (κ3) is 3.27. The van der Waals surface area contributed by atoms with Crippen LogP contribution in [-0.2, 0) is 21.7 Å². The Kier molecular flexibility index (Phi) is 5.48. The van der Waals surface area contributed by atoms with Crippen molar-refractivity contribution in [3.63, 3.8) is 0 Å². The van der Waals surface area contributed by atoms with Crippen LogP contribution in [0.2, 0.25) is 5.02 Å². The topological polar surface area (TPSA) is 116 Å². The zero-order chi connectivity index (χ0) is 21.7. The van der Waals surface area contributed by atoms with Crippen molar-refractivity contribution >= 4 is 17.4 Å². The first kappa shape index (κ1) is 21.4. The molecule has 0 spiro atoms. The lowest BCUT2D eigenvalue weighted by Crippen LogP contribution is -2.65. The van der Waals surface area contributed by atoms with Crippen LogP contribution >= 0.6 is 11.6 Å². The molecule has 2 aliphatic rings. The minimum Gasteiger partial charge on any atom is -0.393 e. The molecule has 8 heteroatoms. The van der Waals surface area contributed by atoms with Crippen LogP contribution in [0.25, 0.3) is 0 Å². The second-order valence-electron chi connectivity index (χ2n) is 7.90. The van der Waals surface area contributed by atoms with Gasteiger partial charge in [-0.25, -0.2) is 0 Å². The lowest BCUT2D eigenvalue weighted by molar-refractivity contribution is -0.329. The number of hydrogen-bond donors (Lipinski definition) is 4. The van der Waals surface area contributed by atoms with Gasteiger partial charge >= 0.3 is 0 Å². The lowest BCUT2D eigenvalue weighted by atomic mass is 9.83. The highest BCUT2D eigenvalue weighted by molar-refractivity contribution is 6.31. The molecule has 2 bridgehead atoms. The van der Waals surface area contributed by atoms with Crippen molar-refractivity contribution < 1.29 is 34.7 Å². The quantitative estimate of drug-likeness (QED) is 0.522. The second-order valence-corrected chi connectivity index (χ2v) is 8.30. The molecular formula is C22H23ClO7. The Morgan fingerprint density at radius 1 is 1.13 bits per heavy atom. The molecule has 160 valence electrons. The zero-order valence-corrected chi connectivity index (χ0v) is 17.0. The molecule has 2 fully saturated rings. The summed E-state index contributed by atoms with van der Waals surface area (Å²) < 4.78 is 11.6. The van der Waals surface area contributed by atoms with Gasteiger partial charge in [0.1, 0.15) is 23.9 Å². The Hall–Kier alpha value is -1.84. The monoisotopic (exact) mass is 434 g/mol. The van der Waals surface area contributed by atoms with Gasteiger partial charge in [-0.1, -0.05) is 41.9 Å². The number of aliphatic hydroxyl groups is 4. The summed E-state index contributed by atoms with van der Waals surface area (Å²) >= 11 is 6.38. The Morgan fingerprint density at radius 2 is 1.83 bits per heavy atom. The fourth-order valence-electron chi connectivity index (χ4n) is 4.08. The first-order chi connectivity index (χ1) is 14.2. The van der Waals surface area contributed by atoms with E-state index in [1.807, 2.05) is 12.1 Å². The van der Waals surface area contributed by atoms with Crippen molar-refractivity contribution in [1.82, 2.24) is 0 Å². The van der Waals surface area contributed by atoms with Crippen LogP contribution in [0.1, 0.15) is 34.0 Å². The van der Waals surface area contributed by atoms with Crippen molar-refractivity contribution in [3.8, 4) is 0 Å². The van der Waals surface area contributed by atoms with Crippen molar-refractivity contribution in [3.05, 3.63) is 69.7 Å². The molecule has 30 heavy (non-hydrogen) atoms. The predicted molar refractivity (Wildman–Crippen MR) is 107 cm³/mol. The van der Waals surface area contributed by atoms with Gasteiger partial charge in [0.25, 0.3) is 0 Å². The zero-order valence-electron chi connectivity index (χ0n) is 16.3. The van der Waals surface area contributed by atoms with E-state index in [-0.39, 0.29) is 12.4 Å². The van der Waals surface area contributed by atoms with Gasteiger partial charge in [-0.3, -0.25) is 4.79 Å². The molecule has 0 amide bonds. The maximum absolute atomic E-state index is 11.5. The standard InChI is InChI=1S/C22H23ClO7/c1-12(25)14-4-2-13(3-5-14)8-15-9-16(6-7-17(15)23)22-20(28)18(26)19(27)21(10-24,30-22)11-29-22/h2-7,9,18-20,24,26-28H,8,10-11H2,1H3/t18?,19?,20-,21+,22+/m1/s1. The highest BCUT2D eigenvalue weighted by Gasteiger charge is 2.67. The molecule has 2 saturated heterocycles. The number of carbonyl (C=O) groups is 1. The van der Waals surface area contributed by atoms with Crippen LogP contribution < -0.4 is 0 Å². The van der Waals surface area contributed by atoms with E-state index in [2.05, 4.69) is 0 Å². The molecule has 2 unspecified atom stereocenters.